The van der Waals surface area contributed by atoms with Crippen LogP contribution in [0.4, 0.5) is 0 Å². The highest BCUT2D eigenvalue weighted by Crippen LogP contribution is 2.26. The molecule has 0 saturated heterocycles. The first-order chi connectivity index (χ1) is 10.1. The van der Waals surface area contributed by atoms with Gasteiger partial charge in [-0.15, -0.1) is 11.8 Å². The lowest BCUT2D eigenvalue weighted by Gasteiger charge is -2.29. The smallest absolute Gasteiger partial charge is 0.323 e. The lowest BCUT2D eigenvalue weighted by molar-refractivity contribution is -0.145. The fourth-order valence-electron chi connectivity index (χ4n) is 2.32. The van der Waals surface area contributed by atoms with Crippen molar-refractivity contribution in [3.8, 4) is 5.75 Å². The minimum atomic E-state index is -0.788. The SMILES string of the molecule is CCNC(CC)(CCCSc1cccc(OC)c1)C(=O)O. The van der Waals surface area contributed by atoms with E-state index in [2.05, 4.69) is 5.32 Å². The molecule has 0 amide bonds. The number of ether oxygens (including phenoxy) is 1. The van der Waals surface area contributed by atoms with Crippen molar-refractivity contribution in [1.82, 2.24) is 5.32 Å². The molecule has 1 rings (SSSR count). The molecule has 1 atom stereocenters. The van der Waals surface area contributed by atoms with Gasteiger partial charge in [0.2, 0.25) is 0 Å². The number of hydrogen-bond acceptors (Lipinski definition) is 4. The predicted molar refractivity (Wildman–Crippen MR) is 87.3 cm³/mol. The molecular formula is C16H25NO3S. The van der Waals surface area contributed by atoms with Gasteiger partial charge in [0.05, 0.1) is 7.11 Å². The summed E-state index contributed by atoms with van der Waals surface area (Å²) in [6, 6.07) is 7.93. The highest BCUT2D eigenvalue weighted by atomic mass is 32.2. The lowest BCUT2D eigenvalue weighted by Crippen LogP contribution is -2.51. The number of carboxylic acids is 1. The summed E-state index contributed by atoms with van der Waals surface area (Å²) in [6.07, 6.45) is 2.10. The molecule has 0 aliphatic rings. The molecule has 4 nitrogen and oxygen atoms in total. The van der Waals surface area contributed by atoms with Gasteiger partial charge in [-0.2, -0.15) is 0 Å². The first-order valence-corrected chi connectivity index (χ1v) is 8.31. The fourth-order valence-corrected chi connectivity index (χ4v) is 3.22. The van der Waals surface area contributed by atoms with Crippen LogP contribution in [0.1, 0.15) is 33.1 Å². The third-order valence-electron chi connectivity index (χ3n) is 3.59. The van der Waals surface area contributed by atoms with E-state index in [4.69, 9.17) is 4.74 Å². The number of carboxylic acid groups (broad SMARTS) is 1. The Morgan fingerprint density at radius 1 is 1.43 bits per heavy atom. The summed E-state index contributed by atoms with van der Waals surface area (Å²) >= 11 is 1.73. The predicted octanol–water partition coefficient (Wildman–Crippen LogP) is 3.41. The molecule has 0 aliphatic heterocycles. The van der Waals surface area contributed by atoms with Gasteiger partial charge in [0, 0.05) is 4.90 Å². The summed E-state index contributed by atoms with van der Waals surface area (Å²) in [5, 5.41) is 12.6. The summed E-state index contributed by atoms with van der Waals surface area (Å²) in [7, 11) is 1.66. The molecule has 0 saturated carbocycles. The minimum Gasteiger partial charge on any atom is -0.497 e. The summed E-state index contributed by atoms with van der Waals surface area (Å²) in [6.45, 7) is 4.54. The molecule has 1 aromatic rings. The Kier molecular flexibility index (Phi) is 7.61. The topological polar surface area (TPSA) is 58.6 Å². The van der Waals surface area contributed by atoms with Crippen LogP contribution in [0.3, 0.4) is 0 Å². The van der Waals surface area contributed by atoms with Crippen LogP contribution in [0, 0.1) is 0 Å². The van der Waals surface area contributed by atoms with Crippen molar-refractivity contribution in [3.63, 3.8) is 0 Å². The molecule has 21 heavy (non-hydrogen) atoms. The van der Waals surface area contributed by atoms with Crippen LogP contribution in [0.2, 0.25) is 0 Å². The van der Waals surface area contributed by atoms with Crippen LogP contribution in [0.15, 0.2) is 29.2 Å². The molecule has 118 valence electrons. The van der Waals surface area contributed by atoms with Gasteiger partial charge in [-0.1, -0.05) is 19.9 Å². The highest BCUT2D eigenvalue weighted by molar-refractivity contribution is 7.99. The van der Waals surface area contributed by atoms with Gasteiger partial charge in [-0.3, -0.25) is 4.79 Å². The van der Waals surface area contributed by atoms with Gasteiger partial charge < -0.3 is 15.2 Å². The molecule has 0 spiro atoms. The maximum absolute atomic E-state index is 11.5. The third-order valence-corrected chi connectivity index (χ3v) is 4.67. The molecule has 1 unspecified atom stereocenters. The van der Waals surface area contributed by atoms with E-state index in [9.17, 15) is 9.90 Å². The molecule has 0 bridgehead atoms. The van der Waals surface area contributed by atoms with Crippen molar-refractivity contribution in [3.05, 3.63) is 24.3 Å². The van der Waals surface area contributed by atoms with E-state index < -0.39 is 11.5 Å². The molecule has 0 heterocycles. The largest absolute Gasteiger partial charge is 0.497 e. The number of rotatable bonds is 10. The second-order valence-electron chi connectivity index (χ2n) is 4.90. The summed E-state index contributed by atoms with van der Waals surface area (Å²) in [4.78, 5) is 12.7. The Labute approximate surface area is 131 Å². The van der Waals surface area contributed by atoms with E-state index in [-0.39, 0.29) is 0 Å². The van der Waals surface area contributed by atoms with Gasteiger partial charge in [0.25, 0.3) is 0 Å². The van der Waals surface area contributed by atoms with Crippen LogP contribution >= 0.6 is 11.8 Å². The average Bonchev–Trinajstić information content (AvgIpc) is 2.50. The van der Waals surface area contributed by atoms with E-state index >= 15 is 0 Å². The van der Waals surface area contributed by atoms with E-state index in [1.54, 1.807) is 18.9 Å². The first-order valence-electron chi connectivity index (χ1n) is 7.33. The second-order valence-corrected chi connectivity index (χ2v) is 6.07. The molecular weight excluding hydrogens is 286 g/mol. The van der Waals surface area contributed by atoms with E-state index in [1.165, 1.54) is 0 Å². The van der Waals surface area contributed by atoms with E-state index in [0.717, 1.165) is 22.8 Å². The Bertz CT molecular complexity index is 453. The maximum atomic E-state index is 11.5. The van der Waals surface area contributed by atoms with E-state index in [1.807, 2.05) is 38.1 Å². The molecule has 0 radical (unpaired) electrons. The van der Waals surface area contributed by atoms with Crippen molar-refractivity contribution < 1.29 is 14.6 Å². The molecule has 5 heteroatoms. The molecule has 0 aromatic heterocycles. The van der Waals surface area contributed by atoms with Crippen molar-refractivity contribution >= 4 is 17.7 Å². The number of thioether (sulfide) groups is 1. The van der Waals surface area contributed by atoms with Crippen LogP contribution in [0.5, 0.6) is 5.75 Å². The zero-order valence-electron chi connectivity index (χ0n) is 13.0. The summed E-state index contributed by atoms with van der Waals surface area (Å²) < 4.78 is 5.20. The van der Waals surface area contributed by atoms with Crippen LogP contribution in [-0.2, 0) is 4.79 Å². The Morgan fingerprint density at radius 2 is 2.19 bits per heavy atom. The van der Waals surface area contributed by atoms with Gasteiger partial charge in [0.15, 0.2) is 0 Å². The van der Waals surface area contributed by atoms with Gasteiger partial charge in [-0.25, -0.2) is 0 Å². The number of hydrogen-bond donors (Lipinski definition) is 2. The molecule has 2 N–H and O–H groups in total. The first kappa shape index (κ1) is 17.9. The maximum Gasteiger partial charge on any atom is 0.323 e. The quantitative estimate of drug-likeness (QED) is 0.512. The zero-order valence-corrected chi connectivity index (χ0v) is 13.8. The standard InChI is InChI=1S/C16H25NO3S/c1-4-16(15(18)19,17-5-2)10-7-11-21-14-9-6-8-13(12-14)20-3/h6,8-9,12,17H,4-5,7,10-11H2,1-3H3,(H,18,19). The van der Waals surface area contributed by atoms with E-state index in [0.29, 0.717) is 19.4 Å². The number of nitrogens with one attached hydrogen (secondary N) is 1. The summed E-state index contributed by atoms with van der Waals surface area (Å²) in [5.74, 6) is 0.993. The number of benzene rings is 1. The van der Waals surface area contributed by atoms with Crippen molar-refractivity contribution in [2.45, 2.75) is 43.5 Å². The van der Waals surface area contributed by atoms with Crippen LogP contribution in [-0.4, -0.2) is 36.0 Å². The highest BCUT2D eigenvalue weighted by Gasteiger charge is 2.34. The molecule has 0 fully saturated rings. The van der Waals surface area contributed by atoms with Gasteiger partial charge >= 0.3 is 5.97 Å². The second kappa shape index (κ2) is 8.95. The van der Waals surface area contributed by atoms with Gasteiger partial charge in [0.1, 0.15) is 11.3 Å². The summed E-state index contributed by atoms with van der Waals surface area (Å²) in [5.41, 5.74) is -0.788. The number of likely N-dealkylation sites (N-methyl/N-ethyl adjacent to an activating group) is 1. The van der Waals surface area contributed by atoms with Crippen molar-refractivity contribution in [1.29, 1.82) is 0 Å². The molecule has 0 aliphatic carbocycles. The van der Waals surface area contributed by atoms with Gasteiger partial charge in [-0.05, 0) is 49.8 Å². The number of aliphatic carboxylic acids is 1. The van der Waals surface area contributed by atoms with Crippen molar-refractivity contribution in [2.24, 2.45) is 0 Å². The monoisotopic (exact) mass is 311 g/mol. The van der Waals surface area contributed by atoms with Crippen molar-refractivity contribution in [2.75, 3.05) is 19.4 Å². The normalized spacial score (nSPS) is 13.7. The Balaban J connectivity index is 2.49. The number of carbonyl (C=O) groups is 1. The third kappa shape index (κ3) is 5.25. The molecule has 1 aromatic carbocycles. The number of methoxy groups -OCH3 is 1. The zero-order chi connectivity index (χ0) is 15.7. The van der Waals surface area contributed by atoms with Crippen LogP contribution < -0.4 is 10.1 Å². The fraction of sp³-hybridized carbons (Fsp3) is 0.562. The average molecular weight is 311 g/mol. The minimum absolute atomic E-state index is 0.597. The van der Waals surface area contributed by atoms with Crippen LogP contribution in [0.25, 0.3) is 0 Å². The Hall–Kier alpha value is -1.20. The lowest BCUT2D eigenvalue weighted by atomic mass is 9.91. The Morgan fingerprint density at radius 3 is 2.76 bits per heavy atom.